The van der Waals surface area contributed by atoms with Gasteiger partial charge in [0.05, 0.1) is 6.61 Å². The molecule has 0 fully saturated rings. The van der Waals surface area contributed by atoms with Crippen molar-refractivity contribution < 1.29 is 4.84 Å². The van der Waals surface area contributed by atoms with Crippen molar-refractivity contribution in [2.24, 2.45) is 5.90 Å². The van der Waals surface area contributed by atoms with Crippen LogP contribution < -0.4 is 5.90 Å². The molecule has 37 valence electrons. The molecule has 0 aromatic rings. The van der Waals surface area contributed by atoms with E-state index in [0.717, 1.165) is 6.42 Å². The molecular formula is C4H10NO. The number of unbranched alkanes of at least 4 members (excludes halogenated alkanes) is 1. The van der Waals surface area contributed by atoms with Crippen LogP contribution in [0.4, 0.5) is 0 Å². The van der Waals surface area contributed by atoms with Crippen LogP contribution in [0.3, 0.4) is 0 Å². The van der Waals surface area contributed by atoms with Crippen LogP contribution in [0.2, 0.25) is 0 Å². The van der Waals surface area contributed by atoms with E-state index in [1.807, 2.05) is 13.3 Å². The highest BCUT2D eigenvalue weighted by atomic mass is 16.6. The summed E-state index contributed by atoms with van der Waals surface area (Å²) in [7, 11) is 0. The van der Waals surface area contributed by atoms with E-state index in [9.17, 15) is 0 Å². The Balaban J connectivity index is 2.34. The Morgan fingerprint density at radius 3 is 2.67 bits per heavy atom. The summed E-state index contributed by atoms with van der Waals surface area (Å²) in [6.07, 6.45) is 2.95. The monoisotopic (exact) mass is 88.1 g/mol. The van der Waals surface area contributed by atoms with Gasteiger partial charge in [-0.3, -0.25) is 0 Å². The van der Waals surface area contributed by atoms with Crippen LogP contribution in [-0.2, 0) is 4.84 Å². The molecule has 0 amide bonds. The third-order valence-electron chi connectivity index (χ3n) is 0.524. The average molecular weight is 88.1 g/mol. The molecule has 0 unspecified atom stereocenters. The summed E-state index contributed by atoms with van der Waals surface area (Å²) in [6, 6.07) is 0. The van der Waals surface area contributed by atoms with Crippen LogP contribution in [0.5, 0.6) is 0 Å². The lowest BCUT2D eigenvalue weighted by molar-refractivity contribution is 0.140. The van der Waals surface area contributed by atoms with Gasteiger partial charge in [-0.05, 0) is 12.8 Å². The van der Waals surface area contributed by atoms with E-state index in [1.165, 1.54) is 0 Å². The smallest absolute Gasteiger partial charge is 0.0681 e. The molecule has 0 spiro atoms. The third-order valence-corrected chi connectivity index (χ3v) is 0.524. The Hall–Kier alpha value is -0.0800. The molecule has 0 saturated carbocycles. The predicted molar refractivity (Wildman–Crippen MR) is 24.7 cm³/mol. The fraction of sp³-hybridized carbons (Fsp3) is 0.750. The maximum absolute atomic E-state index is 4.69. The highest BCUT2D eigenvalue weighted by molar-refractivity contribution is 4.51. The van der Waals surface area contributed by atoms with Crippen LogP contribution in [0, 0.1) is 6.42 Å². The van der Waals surface area contributed by atoms with Crippen LogP contribution in [0.25, 0.3) is 0 Å². The number of hydrogen-bond acceptors (Lipinski definition) is 2. The minimum Gasteiger partial charge on any atom is -0.305 e. The first-order valence-corrected chi connectivity index (χ1v) is 2.01. The largest absolute Gasteiger partial charge is 0.305 e. The Bertz CT molecular complexity index is 19.5. The zero-order valence-electron chi connectivity index (χ0n) is 3.98. The Morgan fingerprint density at radius 2 is 2.50 bits per heavy atom. The van der Waals surface area contributed by atoms with Crippen LogP contribution in [-0.4, -0.2) is 6.61 Å². The summed E-state index contributed by atoms with van der Waals surface area (Å²) in [5.41, 5.74) is 0. The lowest BCUT2D eigenvalue weighted by Crippen LogP contribution is -1.99. The minimum atomic E-state index is 0.635. The molecule has 0 aliphatic carbocycles. The van der Waals surface area contributed by atoms with Crippen molar-refractivity contribution in [1.82, 2.24) is 0 Å². The molecule has 0 heterocycles. The molecule has 0 atom stereocenters. The van der Waals surface area contributed by atoms with Gasteiger partial charge in [0, 0.05) is 0 Å². The molecule has 0 bridgehead atoms. The van der Waals surface area contributed by atoms with Crippen molar-refractivity contribution in [2.75, 3.05) is 6.61 Å². The zero-order valence-corrected chi connectivity index (χ0v) is 3.98. The highest BCUT2D eigenvalue weighted by Crippen LogP contribution is 1.80. The van der Waals surface area contributed by atoms with E-state index in [1.54, 1.807) is 0 Å². The van der Waals surface area contributed by atoms with Crippen LogP contribution >= 0.6 is 0 Å². The van der Waals surface area contributed by atoms with Gasteiger partial charge in [0.15, 0.2) is 0 Å². The first kappa shape index (κ1) is 5.92. The molecule has 2 heteroatoms. The quantitative estimate of drug-likeness (QED) is 0.402. The summed E-state index contributed by atoms with van der Waals surface area (Å²) in [5, 5.41) is 0. The molecule has 0 rings (SSSR count). The number of nitrogens with two attached hydrogens (primary N) is 1. The molecule has 0 aliphatic heterocycles. The molecule has 6 heavy (non-hydrogen) atoms. The van der Waals surface area contributed by atoms with Crippen molar-refractivity contribution in [3.05, 3.63) is 6.42 Å². The fourth-order valence-corrected chi connectivity index (χ4v) is 0.186. The van der Waals surface area contributed by atoms with Crippen LogP contribution in [0.15, 0.2) is 0 Å². The van der Waals surface area contributed by atoms with E-state index < -0.39 is 0 Å². The normalized spacial score (nSPS) is 9.00. The van der Waals surface area contributed by atoms with Crippen molar-refractivity contribution in [3.8, 4) is 0 Å². The van der Waals surface area contributed by atoms with Gasteiger partial charge >= 0.3 is 0 Å². The molecule has 0 aromatic heterocycles. The van der Waals surface area contributed by atoms with Gasteiger partial charge in [-0.2, -0.15) is 0 Å². The molecule has 0 aromatic carbocycles. The summed E-state index contributed by atoms with van der Waals surface area (Å²) in [6.45, 7) is 2.61. The minimum absolute atomic E-state index is 0.635. The molecule has 1 radical (unpaired) electrons. The maximum Gasteiger partial charge on any atom is 0.0681 e. The molecular weight excluding hydrogens is 78.0 g/mol. The SMILES string of the molecule is C[CH]CCON. The highest BCUT2D eigenvalue weighted by Gasteiger charge is 1.75. The van der Waals surface area contributed by atoms with Gasteiger partial charge in [-0.25, -0.2) is 5.90 Å². The lowest BCUT2D eigenvalue weighted by Gasteiger charge is -1.88. The van der Waals surface area contributed by atoms with Gasteiger partial charge in [-0.1, -0.05) is 6.92 Å². The topological polar surface area (TPSA) is 35.2 Å². The zero-order chi connectivity index (χ0) is 4.83. The van der Waals surface area contributed by atoms with Crippen molar-refractivity contribution in [3.63, 3.8) is 0 Å². The van der Waals surface area contributed by atoms with Gasteiger partial charge < -0.3 is 4.84 Å². The van der Waals surface area contributed by atoms with Gasteiger partial charge in [-0.15, -0.1) is 0 Å². The molecule has 2 N–H and O–H groups in total. The van der Waals surface area contributed by atoms with Gasteiger partial charge in [0.2, 0.25) is 0 Å². The maximum atomic E-state index is 4.69. The standard InChI is InChI=1S/C4H10NO/c1-2-3-4-6-5/h2H,3-5H2,1H3. The summed E-state index contributed by atoms with van der Waals surface area (Å²) in [5.74, 6) is 4.69. The summed E-state index contributed by atoms with van der Waals surface area (Å²) in [4.78, 5) is 4.25. The second-order valence-corrected chi connectivity index (χ2v) is 1.07. The predicted octanol–water partition coefficient (Wildman–Crippen LogP) is 0.491. The van der Waals surface area contributed by atoms with E-state index >= 15 is 0 Å². The Morgan fingerprint density at radius 1 is 1.83 bits per heavy atom. The van der Waals surface area contributed by atoms with Crippen LogP contribution in [0.1, 0.15) is 13.3 Å². The van der Waals surface area contributed by atoms with E-state index in [-0.39, 0.29) is 0 Å². The fourth-order valence-electron chi connectivity index (χ4n) is 0.186. The summed E-state index contributed by atoms with van der Waals surface area (Å²) < 4.78 is 0. The lowest BCUT2D eigenvalue weighted by atomic mass is 10.4. The second kappa shape index (κ2) is 4.92. The average Bonchev–Trinajstić information content (AvgIpc) is 1.61. The molecule has 2 nitrogen and oxygen atoms in total. The Labute approximate surface area is 38.2 Å². The van der Waals surface area contributed by atoms with E-state index in [2.05, 4.69) is 4.84 Å². The van der Waals surface area contributed by atoms with Crippen molar-refractivity contribution in [1.29, 1.82) is 0 Å². The number of hydrogen-bond donors (Lipinski definition) is 1. The van der Waals surface area contributed by atoms with E-state index in [0.29, 0.717) is 6.61 Å². The van der Waals surface area contributed by atoms with Gasteiger partial charge in [0.25, 0.3) is 0 Å². The second-order valence-electron chi connectivity index (χ2n) is 1.07. The first-order valence-electron chi connectivity index (χ1n) is 2.01. The van der Waals surface area contributed by atoms with Gasteiger partial charge in [0.1, 0.15) is 0 Å². The van der Waals surface area contributed by atoms with Crippen molar-refractivity contribution >= 4 is 0 Å². The van der Waals surface area contributed by atoms with Crippen molar-refractivity contribution in [2.45, 2.75) is 13.3 Å². The molecule has 0 saturated heterocycles. The number of rotatable bonds is 3. The summed E-state index contributed by atoms with van der Waals surface area (Å²) >= 11 is 0. The van der Waals surface area contributed by atoms with E-state index in [4.69, 9.17) is 5.90 Å². The Kier molecular flexibility index (Phi) is 4.85. The third kappa shape index (κ3) is 3.92. The molecule has 0 aliphatic rings. The first-order chi connectivity index (χ1) is 2.91.